The van der Waals surface area contributed by atoms with E-state index in [2.05, 4.69) is 29.4 Å². The van der Waals surface area contributed by atoms with E-state index in [0.717, 1.165) is 23.1 Å². The minimum Gasteiger partial charge on any atom is -0.277 e. The van der Waals surface area contributed by atoms with Crippen molar-refractivity contribution in [3.63, 3.8) is 0 Å². The molecule has 0 unspecified atom stereocenters. The van der Waals surface area contributed by atoms with Crippen molar-refractivity contribution >= 4 is 65.7 Å². The summed E-state index contributed by atoms with van der Waals surface area (Å²) in [6.45, 7) is 0. The van der Waals surface area contributed by atoms with Crippen molar-refractivity contribution in [1.82, 2.24) is 8.75 Å². The quantitative estimate of drug-likeness (QED) is 0.761. The number of benzene rings is 1. The van der Waals surface area contributed by atoms with Gasteiger partial charge in [-0.2, -0.15) is 8.75 Å². The zero-order valence-electron chi connectivity index (χ0n) is 9.20. The third kappa shape index (κ3) is 2.38. The fourth-order valence-corrected chi connectivity index (χ4v) is 5.51. The van der Waals surface area contributed by atoms with Crippen LogP contribution in [0.25, 0.3) is 11.0 Å². The van der Waals surface area contributed by atoms with Crippen LogP contribution >= 0.6 is 39.0 Å². The van der Waals surface area contributed by atoms with Crippen LogP contribution < -0.4 is 4.72 Å². The molecule has 0 fully saturated rings. The number of hydrogen-bond donors (Lipinski definition) is 1. The molecule has 0 saturated carbocycles. The number of aromatic nitrogens is 2. The second-order valence-electron chi connectivity index (χ2n) is 3.60. The van der Waals surface area contributed by atoms with Crippen molar-refractivity contribution in [2.45, 2.75) is 4.21 Å². The molecule has 1 aromatic carbocycles. The van der Waals surface area contributed by atoms with E-state index in [1.165, 1.54) is 0 Å². The molecule has 5 nitrogen and oxygen atoms in total. The first-order valence-corrected chi connectivity index (χ1v) is 8.93. The number of anilines is 1. The molecule has 0 atom stereocenters. The molecule has 0 amide bonds. The second kappa shape index (κ2) is 4.82. The molecule has 0 bridgehead atoms. The Kier molecular flexibility index (Phi) is 3.29. The molecule has 9 heteroatoms. The first-order valence-electron chi connectivity index (χ1n) is 5.05. The highest BCUT2D eigenvalue weighted by Crippen LogP contribution is 2.30. The summed E-state index contributed by atoms with van der Waals surface area (Å²) in [7, 11) is -3.61. The van der Waals surface area contributed by atoms with E-state index in [1.807, 2.05) is 0 Å². The molecule has 2 heterocycles. The van der Waals surface area contributed by atoms with Gasteiger partial charge < -0.3 is 0 Å². The summed E-state index contributed by atoms with van der Waals surface area (Å²) in [6, 6.07) is 6.90. The van der Waals surface area contributed by atoms with Crippen LogP contribution in [-0.4, -0.2) is 17.2 Å². The molecule has 0 saturated heterocycles. The third-order valence-corrected chi connectivity index (χ3v) is 6.94. The Bertz CT molecular complexity index is 840. The van der Waals surface area contributed by atoms with Gasteiger partial charge in [-0.1, -0.05) is 6.07 Å². The van der Waals surface area contributed by atoms with Gasteiger partial charge in [-0.15, -0.1) is 11.3 Å². The SMILES string of the molecule is O=S(=O)(Nc1cccc2nsnc12)c1sccc1Br. The molecule has 0 aliphatic heterocycles. The minimum atomic E-state index is -3.61. The van der Waals surface area contributed by atoms with Gasteiger partial charge in [0.2, 0.25) is 0 Å². The standard InChI is InChI=1S/C10H6BrN3O2S3/c11-6-4-5-17-10(6)19(15,16)14-8-3-1-2-7-9(8)13-18-12-7/h1-5,14H. The predicted octanol–water partition coefficient (Wildman–Crippen LogP) is 3.32. The maximum absolute atomic E-state index is 12.3. The van der Waals surface area contributed by atoms with Gasteiger partial charge in [-0.3, -0.25) is 4.72 Å². The molecule has 0 aliphatic rings. The fourth-order valence-electron chi connectivity index (χ4n) is 1.55. The maximum Gasteiger partial charge on any atom is 0.272 e. The van der Waals surface area contributed by atoms with Crippen LogP contribution in [0.3, 0.4) is 0 Å². The van der Waals surface area contributed by atoms with Crippen molar-refractivity contribution in [3.8, 4) is 0 Å². The number of thiophene rings is 1. The van der Waals surface area contributed by atoms with Crippen LogP contribution in [0.4, 0.5) is 5.69 Å². The molecule has 3 rings (SSSR count). The molecule has 19 heavy (non-hydrogen) atoms. The summed E-state index contributed by atoms with van der Waals surface area (Å²) < 4.78 is 36.1. The van der Waals surface area contributed by atoms with Crippen molar-refractivity contribution in [2.75, 3.05) is 4.72 Å². The van der Waals surface area contributed by atoms with E-state index < -0.39 is 10.0 Å². The van der Waals surface area contributed by atoms with Crippen molar-refractivity contribution in [1.29, 1.82) is 0 Å². The Morgan fingerprint density at radius 2 is 2.05 bits per heavy atom. The summed E-state index contributed by atoms with van der Waals surface area (Å²) in [5.41, 5.74) is 1.67. The van der Waals surface area contributed by atoms with Gasteiger partial charge in [0.05, 0.1) is 17.4 Å². The van der Waals surface area contributed by atoms with Crippen molar-refractivity contribution in [3.05, 3.63) is 34.1 Å². The monoisotopic (exact) mass is 375 g/mol. The number of sulfonamides is 1. The number of fused-ring (bicyclic) bond motifs is 1. The number of hydrogen-bond acceptors (Lipinski definition) is 6. The van der Waals surface area contributed by atoms with Gasteiger partial charge in [-0.05, 0) is 39.5 Å². The van der Waals surface area contributed by atoms with Gasteiger partial charge in [0.15, 0.2) is 4.21 Å². The second-order valence-corrected chi connectivity index (χ2v) is 7.78. The molecule has 0 radical (unpaired) electrons. The highest BCUT2D eigenvalue weighted by Gasteiger charge is 2.20. The first-order chi connectivity index (χ1) is 9.08. The number of halogens is 1. The van der Waals surface area contributed by atoms with E-state index in [4.69, 9.17) is 0 Å². The first kappa shape index (κ1) is 13.0. The van der Waals surface area contributed by atoms with Crippen LogP contribution in [0.5, 0.6) is 0 Å². The van der Waals surface area contributed by atoms with E-state index >= 15 is 0 Å². The Morgan fingerprint density at radius 3 is 2.79 bits per heavy atom. The van der Waals surface area contributed by atoms with Crippen molar-refractivity contribution in [2.24, 2.45) is 0 Å². The Labute approximate surface area is 125 Å². The Morgan fingerprint density at radius 1 is 1.21 bits per heavy atom. The topological polar surface area (TPSA) is 72.0 Å². The molecule has 3 aromatic rings. The molecule has 2 aromatic heterocycles. The largest absolute Gasteiger partial charge is 0.277 e. The minimum absolute atomic E-state index is 0.243. The average molecular weight is 376 g/mol. The molecule has 0 aliphatic carbocycles. The van der Waals surface area contributed by atoms with Crippen LogP contribution in [0.2, 0.25) is 0 Å². The molecule has 98 valence electrons. The summed E-state index contributed by atoms with van der Waals surface area (Å²) in [5, 5.41) is 1.71. The van der Waals surface area contributed by atoms with E-state index in [1.54, 1.807) is 29.6 Å². The predicted molar refractivity (Wildman–Crippen MR) is 80.2 cm³/mol. The number of rotatable bonds is 3. The number of nitrogens with one attached hydrogen (secondary N) is 1. The lowest BCUT2D eigenvalue weighted by atomic mass is 10.3. The molecular weight excluding hydrogens is 370 g/mol. The lowest BCUT2D eigenvalue weighted by molar-refractivity contribution is 0.603. The molecular formula is C10H6BrN3O2S3. The number of nitrogens with zero attached hydrogens (tertiary/aromatic N) is 2. The third-order valence-electron chi connectivity index (χ3n) is 2.36. The van der Waals surface area contributed by atoms with Gasteiger partial charge in [0, 0.05) is 4.47 Å². The fraction of sp³-hybridized carbons (Fsp3) is 0. The lowest BCUT2D eigenvalue weighted by Gasteiger charge is -2.06. The lowest BCUT2D eigenvalue weighted by Crippen LogP contribution is -2.12. The van der Waals surface area contributed by atoms with Crippen molar-refractivity contribution < 1.29 is 8.42 Å². The maximum atomic E-state index is 12.3. The molecule has 1 N–H and O–H groups in total. The van der Waals surface area contributed by atoms with Gasteiger partial charge in [0.25, 0.3) is 10.0 Å². The van der Waals surface area contributed by atoms with Crippen LogP contribution in [-0.2, 0) is 10.0 Å². The van der Waals surface area contributed by atoms with Gasteiger partial charge >= 0.3 is 0 Å². The van der Waals surface area contributed by atoms with Crippen LogP contribution in [0, 0.1) is 0 Å². The Hall–Kier alpha value is -1.03. The van der Waals surface area contributed by atoms with E-state index in [0.29, 0.717) is 21.2 Å². The van der Waals surface area contributed by atoms with Crippen LogP contribution in [0.1, 0.15) is 0 Å². The summed E-state index contributed by atoms with van der Waals surface area (Å²) in [5.74, 6) is 0. The summed E-state index contributed by atoms with van der Waals surface area (Å²) in [6.07, 6.45) is 0. The smallest absolute Gasteiger partial charge is 0.272 e. The average Bonchev–Trinajstić information content (AvgIpc) is 2.97. The molecule has 0 spiro atoms. The van der Waals surface area contributed by atoms with Gasteiger partial charge in [0.1, 0.15) is 11.0 Å². The van der Waals surface area contributed by atoms with Gasteiger partial charge in [-0.25, -0.2) is 8.42 Å². The van der Waals surface area contributed by atoms with E-state index in [-0.39, 0.29) is 4.21 Å². The van der Waals surface area contributed by atoms with E-state index in [9.17, 15) is 8.42 Å². The highest BCUT2D eigenvalue weighted by atomic mass is 79.9. The summed E-state index contributed by atoms with van der Waals surface area (Å²) in [4.78, 5) is 0. The normalized spacial score (nSPS) is 11.8. The Balaban J connectivity index is 2.06. The highest BCUT2D eigenvalue weighted by molar-refractivity contribution is 9.10. The van der Waals surface area contributed by atoms with Crippen LogP contribution in [0.15, 0.2) is 38.3 Å². The zero-order chi connectivity index (χ0) is 13.5. The zero-order valence-corrected chi connectivity index (χ0v) is 13.2. The summed E-state index contributed by atoms with van der Waals surface area (Å²) >= 11 is 5.43.